The molecule has 0 aromatic heterocycles. The molecule has 0 spiro atoms. The quantitative estimate of drug-likeness (QED) is 0.640. The van der Waals surface area contributed by atoms with Crippen molar-refractivity contribution >= 4 is 27.5 Å². The molecule has 2 aromatic carbocycles. The number of hydrogen-bond donors (Lipinski definition) is 2. The first kappa shape index (κ1) is 22.5. The average Bonchev–Trinajstić information content (AvgIpc) is 2.71. The summed E-state index contributed by atoms with van der Waals surface area (Å²) >= 11 is 0. The van der Waals surface area contributed by atoms with Crippen LogP contribution >= 0.6 is 0 Å². The van der Waals surface area contributed by atoms with E-state index >= 15 is 0 Å². The van der Waals surface area contributed by atoms with Crippen LogP contribution in [0.4, 0.5) is 5.69 Å². The van der Waals surface area contributed by atoms with Crippen molar-refractivity contribution in [3.63, 3.8) is 0 Å². The number of anilines is 1. The van der Waals surface area contributed by atoms with E-state index in [-0.39, 0.29) is 16.4 Å². The van der Waals surface area contributed by atoms with Crippen molar-refractivity contribution in [1.29, 1.82) is 0 Å². The maximum absolute atomic E-state index is 12.6. The van der Waals surface area contributed by atoms with Crippen LogP contribution in [0.5, 0.6) is 0 Å². The summed E-state index contributed by atoms with van der Waals surface area (Å²) in [4.78, 5) is 29.7. The molecule has 0 fully saturated rings. The van der Waals surface area contributed by atoms with E-state index in [9.17, 15) is 18.0 Å². The Morgan fingerprint density at radius 3 is 2.24 bits per heavy atom. The van der Waals surface area contributed by atoms with Crippen molar-refractivity contribution in [1.82, 2.24) is 9.79 Å². The lowest BCUT2D eigenvalue weighted by molar-refractivity contribution is -0.0258. The third-order valence-electron chi connectivity index (χ3n) is 4.10. The molecule has 2 rings (SSSR count). The number of hydrogen-bond acceptors (Lipinski definition) is 5. The van der Waals surface area contributed by atoms with Crippen molar-refractivity contribution in [2.24, 2.45) is 5.92 Å². The van der Waals surface area contributed by atoms with Gasteiger partial charge in [0.1, 0.15) is 0 Å². The number of para-hydroxylation sites is 1. The molecule has 156 valence electrons. The van der Waals surface area contributed by atoms with Gasteiger partial charge in [-0.05, 0) is 42.3 Å². The Balaban J connectivity index is 2.18. The Kier molecular flexibility index (Phi) is 7.49. The van der Waals surface area contributed by atoms with Crippen LogP contribution in [0.25, 0.3) is 0 Å². The summed E-state index contributed by atoms with van der Waals surface area (Å²) in [7, 11) is -1.28. The summed E-state index contributed by atoms with van der Waals surface area (Å²) < 4.78 is 25.2. The van der Waals surface area contributed by atoms with Crippen LogP contribution in [-0.4, -0.2) is 45.4 Å². The number of nitrogens with zero attached hydrogens (tertiary/aromatic N) is 1. The number of nitrogens with one attached hydrogen (secondary N) is 2. The van der Waals surface area contributed by atoms with Crippen LogP contribution < -0.4 is 10.6 Å². The van der Waals surface area contributed by atoms with Crippen LogP contribution in [0, 0.1) is 5.92 Å². The third-order valence-corrected chi connectivity index (χ3v) is 5.79. The minimum atomic E-state index is -3.80. The van der Waals surface area contributed by atoms with Gasteiger partial charge in [0.25, 0.3) is 21.8 Å². The molecule has 0 saturated carbocycles. The first-order chi connectivity index (χ1) is 13.7. The molecule has 0 bridgehead atoms. The van der Waals surface area contributed by atoms with Crippen molar-refractivity contribution in [2.75, 3.05) is 26.0 Å². The average molecular weight is 420 g/mol. The number of amides is 2. The molecule has 0 unspecified atom stereocenters. The van der Waals surface area contributed by atoms with Crippen molar-refractivity contribution in [3.8, 4) is 0 Å². The fourth-order valence-electron chi connectivity index (χ4n) is 2.40. The Bertz CT molecular complexity index is 972. The number of carbonyl (C=O) groups excluding carboxylic acids is 2. The number of sulfonamides is 1. The molecular formula is C20H25N3O5S. The highest BCUT2D eigenvalue weighted by molar-refractivity contribution is 7.89. The topological polar surface area (TPSA) is 105 Å². The first-order valence-corrected chi connectivity index (χ1v) is 10.4. The molecule has 2 amide bonds. The smallest absolute Gasteiger partial charge is 0.264 e. The maximum atomic E-state index is 12.6. The molecule has 0 saturated heterocycles. The zero-order chi connectivity index (χ0) is 21.6. The molecule has 0 heterocycles. The van der Waals surface area contributed by atoms with Crippen LogP contribution in [0.2, 0.25) is 0 Å². The SMILES string of the molecule is CON(C)S(=O)(=O)c1ccc(C(=O)Nc2ccccc2C(=O)NCC(C)C)cc1. The van der Waals surface area contributed by atoms with E-state index in [2.05, 4.69) is 10.6 Å². The first-order valence-electron chi connectivity index (χ1n) is 8.98. The zero-order valence-electron chi connectivity index (χ0n) is 16.8. The van der Waals surface area contributed by atoms with Gasteiger partial charge in [-0.2, -0.15) is 0 Å². The molecule has 8 nitrogen and oxygen atoms in total. The summed E-state index contributed by atoms with van der Waals surface area (Å²) in [5, 5.41) is 5.52. The van der Waals surface area contributed by atoms with E-state index < -0.39 is 15.9 Å². The van der Waals surface area contributed by atoms with Crippen LogP contribution in [0.3, 0.4) is 0 Å². The van der Waals surface area contributed by atoms with E-state index in [1.165, 1.54) is 38.4 Å². The molecule has 2 aromatic rings. The summed E-state index contributed by atoms with van der Waals surface area (Å²) in [6, 6.07) is 12.1. The van der Waals surface area contributed by atoms with E-state index in [1.807, 2.05) is 13.8 Å². The summed E-state index contributed by atoms with van der Waals surface area (Å²) in [6.45, 7) is 4.50. The van der Waals surface area contributed by atoms with Gasteiger partial charge in [-0.15, -0.1) is 0 Å². The maximum Gasteiger partial charge on any atom is 0.264 e. The predicted octanol–water partition coefficient (Wildman–Crippen LogP) is 2.51. The van der Waals surface area contributed by atoms with Gasteiger partial charge < -0.3 is 10.6 Å². The van der Waals surface area contributed by atoms with Crippen LogP contribution in [0.1, 0.15) is 34.6 Å². The van der Waals surface area contributed by atoms with Crippen molar-refractivity contribution < 1.29 is 22.8 Å². The molecule has 29 heavy (non-hydrogen) atoms. The molecule has 0 atom stereocenters. The molecule has 2 N–H and O–H groups in total. The van der Waals surface area contributed by atoms with Gasteiger partial charge in [-0.3, -0.25) is 14.4 Å². The number of carbonyl (C=O) groups is 2. The number of hydroxylamine groups is 1. The second-order valence-electron chi connectivity index (χ2n) is 6.73. The Hall–Kier alpha value is -2.75. The monoisotopic (exact) mass is 419 g/mol. The standard InChI is InChI=1S/C20H25N3O5S/c1-14(2)13-21-20(25)17-7-5-6-8-18(17)22-19(24)15-9-11-16(12-10-15)29(26,27)23(3)28-4/h5-12,14H,13H2,1-4H3,(H,21,25)(H,22,24). The molecule has 9 heteroatoms. The van der Waals surface area contributed by atoms with E-state index in [4.69, 9.17) is 4.84 Å². The van der Waals surface area contributed by atoms with Gasteiger partial charge in [0.15, 0.2) is 0 Å². The molecular weight excluding hydrogens is 394 g/mol. The van der Waals surface area contributed by atoms with Crippen LogP contribution in [-0.2, 0) is 14.9 Å². The van der Waals surface area contributed by atoms with E-state index in [0.717, 1.165) is 4.47 Å². The second kappa shape index (κ2) is 9.64. The Morgan fingerprint density at radius 2 is 1.66 bits per heavy atom. The fourth-order valence-corrected chi connectivity index (χ4v) is 3.37. The minimum absolute atomic E-state index is 0.00753. The minimum Gasteiger partial charge on any atom is -0.352 e. The highest BCUT2D eigenvalue weighted by atomic mass is 32.2. The Morgan fingerprint density at radius 1 is 1.03 bits per heavy atom. The normalized spacial score (nSPS) is 11.5. The van der Waals surface area contributed by atoms with Gasteiger partial charge >= 0.3 is 0 Å². The number of benzene rings is 2. The van der Waals surface area contributed by atoms with Gasteiger partial charge in [0.2, 0.25) is 0 Å². The zero-order valence-corrected chi connectivity index (χ0v) is 17.6. The summed E-state index contributed by atoms with van der Waals surface area (Å²) in [5.74, 6) is -0.440. The number of rotatable bonds is 8. The molecule has 0 aliphatic rings. The Labute approximate surface area is 170 Å². The highest BCUT2D eigenvalue weighted by Crippen LogP contribution is 2.18. The molecule has 0 aliphatic carbocycles. The molecule has 0 aliphatic heterocycles. The predicted molar refractivity (Wildman–Crippen MR) is 110 cm³/mol. The second-order valence-corrected chi connectivity index (χ2v) is 8.66. The summed E-state index contributed by atoms with van der Waals surface area (Å²) in [5.41, 5.74) is 0.971. The van der Waals surface area contributed by atoms with Gasteiger partial charge in [0, 0.05) is 19.2 Å². The highest BCUT2D eigenvalue weighted by Gasteiger charge is 2.21. The lowest BCUT2D eigenvalue weighted by atomic mass is 10.1. The van der Waals surface area contributed by atoms with E-state index in [0.29, 0.717) is 23.7 Å². The van der Waals surface area contributed by atoms with Crippen LogP contribution in [0.15, 0.2) is 53.4 Å². The largest absolute Gasteiger partial charge is 0.352 e. The fraction of sp³-hybridized carbons (Fsp3) is 0.300. The summed E-state index contributed by atoms with van der Waals surface area (Å²) in [6.07, 6.45) is 0. The van der Waals surface area contributed by atoms with E-state index in [1.54, 1.807) is 24.3 Å². The molecule has 0 radical (unpaired) electrons. The lowest BCUT2D eigenvalue weighted by Gasteiger charge is -2.14. The third kappa shape index (κ3) is 5.63. The van der Waals surface area contributed by atoms with Gasteiger partial charge in [0.05, 0.1) is 23.3 Å². The van der Waals surface area contributed by atoms with Gasteiger partial charge in [-0.1, -0.05) is 30.4 Å². The van der Waals surface area contributed by atoms with Gasteiger partial charge in [-0.25, -0.2) is 8.42 Å². The van der Waals surface area contributed by atoms with Crippen molar-refractivity contribution in [2.45, 2.75) is 18.7 Å². The van der Waals surface area contributed by atoms with Crippen molar-refractivity contribution in [3.05, 3.63) is 59.7 Å². The lowest BCUT2D eigenvalue weighted by Crippen LogP contribution is -2.28.